The molecule has 22 heavy (non-hydrogen) atoms. The summed E-state index contributed by atoms with van der Waals surface area (Å²) in [5.41, 5.74) is 1.09. The molecule has 1 aromatic carbocycles. The molecule has 1 amide bonds. The van der Waals surface area contributed by atoms with Gasteiger partial charge >= 0.3 is 0 Å². The first kappa shape index (κ1) is 18.3. The SMILES string of the molecule is CCCS(=O)(=O)NCCN(C(C)=O)c1cccc(C(C)=O)c1. The smallest absolute Gasteiger partial charge is 0.223 e. The molecule has 1 rings (SSSR count). The van der Waals surface area contributed by atoms with Crippen LogP contribution < -0.4 is 9.62 Å². The van der Waals surface area contributed by atoms with E-state index in [-0.39, 0.29) is 30.5 Å². The van der Waals surface area contributed by atoms with E-state index in [2.05, 4.69) is 4.72 Å². The molecule has 1 aromatic rings. The lowest BCUT2D eigenvalue weighted by Gasteiger charge is -2.22. The molecular weight excluding hydrogens is 304 g/mol. The van der Waals surface area contributed by atoms with E-state index >= 15 is 0 Å². The average Bonchev–Trinajstić information content (AvgIpc) is 2.43. The van der Waals surface area contributed by atoms with E-state index in [1.54, 1.807) is 31.2 Å². The van der Waals surface area contributed by atoms with E-state index < -0.39 is 10.0 Å². The fraction of sp³-hybridized carbons (Fsp3) is 0.467. The van der Waals surface area contributed by atoms with Crippen LogP contribution in [-0.2, 0) is 14.8 Å². The van der Waals surface area contributed by atoms with E-state index in [1.807, 2.05) is 0 Å². The number of sulfonamides is 1. The molecule has 0 fully saturated rings. The Balaban J connectivity index is 2.81. The topological polar surface area (TPSA) is 83.6 Å². The first-order chi connectivity index (χ1) is 10.3. The van der Waals surface area contributed by atoms with Crippen molar-refractivity contribution in [2.75, 3.05) is 23.7 Å². The Bertz CT molecular complexity index is 641. The molecule has 0 heterocycles. The van der Waals surface area contributed by atoms with Gasteiger partial charge < -0.3 is 4.90 Å². The van der Waals surface area contributed by atoms with Gasteiger partial charge in [-0.15, -0.1) is 0 Å². The number of hydrogen-bond donors (Lipinski definition) is 1. The summed E-state index contributed by atoms with van der Waals surface area (Å²) >= 11 is 0. The maximum atomic E-state index is 11.8. The van der Waals surface area contributed by atoms with Crippen LogP contribution >= 0.6 is 0 Å². The highest BCUT2D eigenvalue weighted by atomic mass is 32.2. The van der Waals surface area contributed by atoms with Crippen LogP contribution in [-0.4, -0.2) is 39.0 Å². The molecule has 0 saturated heterocycles. The molecule has 0 atom stereocenters. The Morgan fingerprint density at radius 1 is 1.23 bits per heavy atom. The van der Waals surface area contributed by atoms with Gasteiger partial charge in [0.05, 0.1) is 5.75 Å². The molecule has 0 saturated carbocycles. The number of anilines is 1. The third kappa shape index (κ3) is 5.57. The Morgan fingerprint density at radius 2 is 1.91 bits per heavy atom. The summed E-state index contributed by atoms with van der Waals surface area (Å²) in [5, 5.41) is 0. The van der Waals surface area contributed by atoms with Gasteiger partial charge in [0.25, 0.3) is 0 Å². The highest BCUT2D eigenvalue weighted by molar-refractivity contribution is 7.89. The summed E-state index contributed by atoms with van der Waals surface area (Å²) in [7, 11) is -3.30. The van der Waals surface area contributed by atoms with Gasteiger partial charge in [-0.2, -0.15) is 0 Å². The Labute approximate surface area is 131 Å². The fourth-order valence-electron chi connectivity index (χ4n) is 2.01. The Hall–Kier alpha value is -1.73. The minimum absolute atomic E-state index is 0.0624. The van der Waals surface area contributed by atoms with Gasteiger partial charge in [-0.3, -0.25) is 9.59 Å². The van der Waals surface area contributed by atoms with Crippen molar-refractivity contribution in [3.63, 3.8) is 0 Å². The number of hydrogen-bond acceptors (Lipinski definition) is 4. The van der Waals surface area contributed by atoms with E-state index in [0.29, 0.717) is 17.7 Å². The highest BCUT2D eigenvalue weighted by Gasteiger charge is 2.14. The van der Waals surface area contributed by atoms with E-state index in [9.17, 15) is 18.0 Å². The third-order valence-corrected chi connectivity index (χ3v) is 4.66. The van der Waals surface area contributed by atoms with Crippen LogP contribution in [0.1, 0.15) is 37.6 Å². The van der Waals surface area contributed by atoms with Crippen LogP contribution in [0.15, 0.2) is 24.3 Å². The number of nitrogens with zero attached hydrogens (tertiary/aromatic N) is 1. The van der Waals surface area contributed by atoms with E-state index in [4.69, 9.17) is 0 Å². The molecule has 6 nitrogen and oxygen atoms in total. The van der Waals surface area contributed by atoms with Gasteiger partial charge in [0.15, 0.2) is 5.78 Å². The predicted octanol–water partition coefficient (Wildman–Crippen LogP) is 1.57. The number of Topliss-reactive ketones (excluding diaryl/α,β-unsaturated/α-hetero) is 1. The lowest BCUT2D eigenvalue weighted by atomic mass is 10.1. The molecule has 0 aliphatic heterocycles. The quantitative estimate of drug-likeness (QED) is 0.735. The molecule has 0 unspecified atom stereocenters. The van der Waals surface area contributed by atoms with E-state index in [1.165, 1.54) is 18.7 Å². The summed E-state index contributed by atoms with van der Waals surface area (Å²) in [5.74, 6) is -0.239. The number of amides is 1. The second-order valence-electron chi connectivity index (χ2n) is 4.99. The molecule has 0 aliphatic carbocycles. The van der Waals surface area contributed by atoms with Crippen molar-refractivity contribution in [3.05, 3.63) is 29.8 Å². The lowest BCUT2D eigenvalue weighted by Crippen LogP contribution is -2.38. The maximum absolute atomic E-state index is 11.8. The number of nitrogens with one attached hydrogen (secondary N) is 1. The lowest BCUT2D eigenvalue weighted by molar-refractivity contribution is -0.116. The van der Waals surface area contributed by atoms with Gasteiger partial charge in [0, 0.05) is 31.3 Å². The minimum atomic E-state index is -3.30. The van der Waals surface area contributed by atoms with Gasteiger partial charge in [0.1, 0.15) is 0 Å². The number of carbonyl (C=O) groups excluding carboxylic acids is 2. The molecule has 0 radical (unpaired) electrons. The number of rotatable bonds is 8. The van der Waals surface area contributed by atoms with Crippen LogP contribution in [0.2, 0.25) is 0 Å². The van der Waals surface area contributed by atoms with Crippen LogP contribution in [0.25, 0.3) is 0 Å². The molecule has 0 aliphatic rings. The van der Waals surface area contributed by atoms with Crippen LogP contribution in [0.5, 0.6) is 0 Å². The molecule has 0 bridgehead atoms. The molecule has 0 aromatic heterocycles. The Morgan fingerprint density at radius 3 is 2.45 bits per heavy atom. The van der Waals surface area contributed by atoms with Gasteiger partial charge in [-0.05, 0) is 25.5 Å². The van der Waals surface area contributed by atoms with Crippen molar-refractivity contribution in [2.45, 2.75) is 27.2 Å². The summed E-state index contributed by atoms with van der Waals surface area (Å²) in [6.45, 7) is 4.98. The zero-order valence-corrected chi connectivity index (χ0v) is 13.9. The summed E-state index contributed by atoms with van der Waals surface area (Å²) in [6, 6.07) is 6.72. The van der Waals surface area contributed by atoms with Crippen molar-refractivity contribution in [2.24, 2.45) is 0 Å². The van der Waals surface area contributed by atoms with Crippen molar-refractivity contribution >= 4 is 27.4 Å². The first-order valence-corrected chi connectivity index (χ1v) is 8.78. The first-order valence-electron chi connectivity index (χ1n) is 7.13. The maximum Gasteiger partial charge on any atom is 0.223 e. The van der Waals surface area contributed by atoms with Gasteiger partial charge in [0.2, 0.25) is 15.9 Å². The zero-order chi connectivity index (χ0) is 16.8. The molecular formula is C15H22N2O4S. The molecule has 122 valence electrons. The number of benzene rings is 1. The van der Waals surface area contributed by atoms with Crippen molar-refractivity contribution in [3.8, 4) is 0 Å². The second-order valence-corrected chi connectivity index (χ2v) is 6.92. The normalized spacial score (nSPS) is 11.2. The summed E-state index contributed by atoms with van der Waals surface area (Å²) in [4.78, 5) is 24.6. The second kappa shape index (κ2) is 8.05. The van der Waals surface area contributed by atoms with Crippen molar-refractivity contribution < 1.29 is 18.0 Å². The van der Waals surface area contributed by atoms with Crippen molar-refractivity contribution in [1.29, 1.82) is 0 Å². The van der Waals surface area contributed by atoms with E-state index in [0.717, 1.165) is 0 Å². The summed E-state index contributed by atoms with van der Waals surface area (Å²) < 4.78 is 25.7. The number of ketones is 1. The molecule has 1 N–H and O–H groups in total. The standard InChI is InChI=1S/C15H22N2O4S/c1-4-10-22(20,21)16-8-9-17(13(3)19)15-7-5-6-14(11-15)12(2)18/h5-7,11,16H,4,8-10H2,1-3H3. The van der Waals surface area contributed by atoms with Gasteiger partial charge in [-0.25, -0.2) is 13.1 Å². The Kier molecular flexibility index (Phi) is 6.70. The third-order valence-electron chi connectivity index (χ3n) is 3.07. The van der Waals surface area contributed by atoms with Crippen molar-refractivity contribution in [1.82, 2.24) is 4.72 Å². The molecule has 0 spiro atoms. The monoisotopic (exact) mass is 326 g/mol. The minimum Gasteiger partial charge on any atom is -0.311 e. The van der Waals surface area contributed by atoms with Crippen LogP contribution in [0, 0.1) is 0 Å². The predicted molar refractivity (Wildman–Crippen MR) is 86.6 cm³/mol. The largest absolute Gasteiger partial charge is 0.311 e. The van der Waals surface area contributed by atoms with Crippen LogP contribution in [0.3, 0.4) is 0 Å². The van der Waals surface area contributed by atoms with Gasteiger partial charge in [-0.1, -0.05) is 19.1 Å². The molecule has 7 heteroatoms. The number of carbonyl (C=O) groups is 2. The fourth-order valence-corrected chi connectivity index (χ4v) is 3.10. The van der Waals surface area contributed by atoms with Crippen LogP contribution in [0.4, 0.5) is 5.69 Å². The zero-order valence-electron chi connectivity index (χ0n) is 13.1. The average molecular weight is 326 g/mol. The highest BCUT2D eigenvalue weighted by Crippen LogP contribution is 2.16. The summed E-state index contributed by atoms with van der Waals surface area (Å²) in [6.07, 6.45) is 0.534.